The molecule has 21 heavy (non-hydrogen) atoms. The van der Waals surface area contributed by atoms with Crippen LogP contribution in [0.15, 0.2) is 36.5 Å². The highest BCUT2D eigenvalue weighted by molar-refractivity contribution is 5.14. The van der Waals surface area contributed by atoms with Gasteiger partial charge in [0, 0.05) is 12.6 Å². The normalized spacial score (nSPS) is 10.9. The number of nitrogens with one attached hydrogen (secondary N) is 1. The Morgan fingerprint density at radius 1 is 0.857 bits per heavy atom. The number of hydrogen-bond acceptors (Lipinski definition) is 1. The molecule has 2 heteroatoms. The van der Waals surface area contributed by atoms with Crippen molar-refractivity contribution in [2.24, 2.45) is 0 Å². The molecule has 2 aromatic rings. The first kappa shape index (κ1) is 15.8. The Kier molecular flexibility index (Phi) is 7.06. The average Bonchev–Trinajstić information content (AvgIpc) is 2.96. The van der Waals surface area contributed by atoms with E-state index in [1.807, 2.05) is 0 Å². The number of rotatable bonds is 10. The smallest absolute Gasteiger partial charge is 0.106 e. The third-order valence-corrected chi connectivity index (χ3v) is 3.84. The molecule has 0 bridgehead atoms. The van der Waals surface area contributed by atoms with Gasteiger partial charge in [-0.15, -0.1) is 0 Å². The van der Waals surface area contributed by atoms with Gasteiger partial charge in [0.25, 0.3) is 0 Å². The molecule has 0 aliphatic carbocycles. The quantitative estimate of drug-likeness (QED) is 0.616. The van der Waals surface area contributed by atoms with Gasteiger partial charge in [-0.05, 0) is 37.7 Å². The Hall–Kier alpha value is -1.57. The van der Waals surface area contributed by atoms with Crippen LogP contribution in [0.25, 0.3) is 0 Å². The van der Waals surface area contributed by atoms with Gasteiger partial charge in [-0.2, -0.15) is 0 Å². The first-order valence-corrected chi connectivity index (χ1v) is 8.25. The van der Waals surface area contributed by atoms with Crippen molar-refractivity contribution in [2.45, 2.75) is 57.8 Å². The Labute approximate surface area is 129 Å². The van der Waals surface area contributed by atoms with E-state index in [2.05, 4.69) is 53.4 Å². The highest BCUT2D eigenvalue weighted by Gasteiger charge is 2.01. The summed E-state index contributed by atoms with van der Waals surface area (Å²) in [5.74, 6) is 1.15. The lowest BCUT2D eigenvalue weighted by molar-refractivity contribution is 0.663. The fourth-order valence-electron chi connectivity index (χ4n) is 2.59. The molecule has 0 saturated carbocycles. The predicted molar refractivity (Wildman–Crippen MR) is 89.2 cm³/mol. The molecule has 1 aromatic heterocycles. The molecule has 1 N–H and O–H groups in total. The molecule has 0 saturated heterocycles. The lowest BCUT2D eigenvalue weighted by Crippen LogP contribution is -1.91. The molecule has 0 aliphatic rings. The molecule has 1 aromatic carbocycles. The monoisotopic (exact) mass is 283 g/mol. The van der Waals surface area contributed by atoms with Gasteiger partial charge in [0.15, 0.2) is 0 Å². The highest BCUT2D eigenvalue weighted by Crippen LogP contribution is 2.10. The summed E-state index contributed by atoms with van der Waals surface area (Å²) in [6.07, 6.45) is 12.6. The lowest BCUT2D eigenvalue weighted by atomic mass is 10.1. The molecule has 1 radical (unpaired) electrons. The zero-order valence-corrected chi connectivity index (χ0v) is 13.0. The molecular weight excluding hydrogens is 256 g/mol. The van der Waals surface area contributed by atoms with E-state index in [1.165, 1.54) is 49.8 Å². The molecule has 0 fully saturated rings. The van der Waals surface area contributed by atoms with Crippen LogP contribution >= 0.6 is 0 Å². The summed E-state index contributed by atoms with van der Waals surface area (Å²) in [6.45, 7) is 3.87. The van der Waals surface area contributed by atoms with E-state index >= 15 is 0 Å². The first-order valence-electron chi connectivity index (χ1n) is 8.25. The summed E-state index contributed by atoms with van der Waals surface area (Å²) < 4.78 is 0. The summed E-state index contributed by atoms with van der Waals surface area (Å²) >= 11 is 0. The standard InChI is InChI=1S/C19H27N2/c1-2-3-6-14-18-16-20-19(21-18)15-10-5-9-13-17-11-7-4-8-12-17/h4,7-8,11-12,16H,1-3,5-6,9-10,13-15H2,(H,20,21). The number of H-pyrrole nitrogens is 1. The van der Waals surface area contributed by atoms with Gasteiger partial charge in [-0.25, -0.2) is 4.98 Å². The van der Waals surface area contributed by atoms with Crippen LogP contribution in [0.5, 0.6) is 0 Å². The van der Waals surface area contributed by atoms with Crippen molar-refractivity contribution < 1.29 is 0 Å². The van der Waals surface area contributed by atoms with Gasteiger partial charge in [-0.3, -0.25) is 0 Å². The molecule has 0 amide bonds. The summed E-state index contributed by atoms with van der Waals surface area (Å²) in [6, 6.07) is 10.7. The molecule has 2 rings (SSSR count). The van der Waals surface area contributed by atoms with Gasteiger partial charge in [0.05, 0.1) is 5.69 Å². The molecule has 0 spiro atoms. The second-order valence-electron chi connectivity index (χ2n) is 5.70. The van der Waals surface area contributed by atoms with Gasteiger partial charge < -0.3 is 4.98 Å². The van der Waals surface area contributed by atoms with Gasteiger partial charge in [0.2, 0.25) is 0 Å². The van der Waals surface area contributed by atoms with Crippen molar-refractivity contribution in [3.63, 3.8) is 0 Å². The van der Waals surface area contributed by atoms with Crippen LogP contribution < -0.4 is 0 Å². The average molecular weight is 283 g/mol. The van der Waals surface area contributed by atoms with E-state index < -0.39 is 0 Å². The van der Waals surface area contributed by atoms with Crippen LogP contribution in [0, 0.1) is 6.92 Å². The second-order valence-corrected chi connectivity index (χ2v) is 5.70. The third-order valence-electron chi connectivity index (χ3n) is 3.84. The Morgan fingerprint density at radius 3 is 2.43 bits per heavy atom. The van der Waals surface area contributed by atoms with Crippen molar-refractivity contribution >= 4 is 0 Å². The number of imidazole rings is 1. The highest BCUT2D eigenvalue weighted by atomic mass is 14.9. The fourth-order valence-corrected chi connectivity index (χ4v) is 2.59. The molecule has 0 unspecified atom stereocenters. The Balaban J connectivity index is 1.58. The van der Waals surface area contributed by atoms with Crippen molar-refractivity contribution in [3.05, 3.63) is 60.5 Å². The van der Waals surface area contributed by atoms with Crippen LogP contribution in [0.4, 0.5) is 0 Å². The number of benzene rings is 1. The van der Waals surface area contributed by atoms with Crippen molar-refractivity contribution in [1.82, 2.24) is 9.97 Å². The largest absolute Gasteiger partial charge is 0.348 e. The maximum Gasteiger partial charge on any atom is 0.106 e. The summed E-state index contributed by atoms with van der Waals surface area (Å²) in [5.41, 5.74) is 2.66. The van der Waals surface area contributed by atoms with Crippen molar-refractivity contribution in [2.75, 3.05) is 0 Å². The number of aromatic amines is 1. The van der Waals surface area contributed by atoms with Gasteiger partial charge >= 0.3 is 0 Å². The van der Waals surface area contributed by atoms with Crippen molar-refractivity contribution in [1.29, 1.82) is 0 Å². The molecule has 0 atom stereocenters. The maximum atomic E-state index is 4.66. The van der Waals surface area contributed by atoms with E-state index in [1.54, 1.807) is 0 Å². The summed E-state index contributed by atoms with van der Waals surface area (Å²) in [7, 11) is 0. The number of aromatic nitrogens is 2. The van der Waals surface area contributed by atoms with E-state index in [9.17, 15) is 0 Å². The molecular formula is C19H27N2. The minimum atomic E-state index is 1.03. The lowest BCUT2D eigenvalue weighted by Gasteiger charge is -2.01. The number of unbranched alkanes of at least 4 members (excludes halogenated alkanes) is 4. The number of aryl methyl sites for hydroxylation is 3. The zero-order valence-electron chi connectivity index (χ0n) is 13.0. The van der Waals surface area contributed by atoms with E-state index in [0.717, 1.165) is 25.1 Å². The van der Waals surface area contributed by atoms with E-state index in [4.69, 9.17) is 0 Å². The van der Waals surface area contributed by atoms with Crippen LogP contribution in [0.2, 0.25) is 0 Å². The van der Waals surface area contributed by atoms with Crippen molar-refractivity contribution in [3.8, 4) is 0 Å². The topological polar surface area (TPSA) is 28.7 Å². The van der Waals surface area contributed by atoms with Crippen LogP contribution in [0.3, 0.4) is 0 Å². The Bertz CT molecular complexity index is 487. The minimum Gasteiger partial charge on any atom is -0.348 e. The zero-order chi connectivity index (χ0) is 14.8. The third kappa shape index (κ3) is 6.16. The molecule has 2 nitrogen and oxygen atoms in total. The van der Waals surface area contributed by atoms with E-state index in [0.29, 0.717) is 0 Å². The number of hydrogen-bond donors (Lipinski definition) is 1. The minimum absolute atomic E-state index is 1.03. The Morgan fingerprint density at radius 2 is 1.62 bits per heavy atom. The maximum absolute atomic E-state index is 4.66. The summed E-state index contributed by atoms with van der Waals surface area (Å²) in [5, 5.41) is 0. The fraction of sp³-hybridized carbons (Fsp3) is 0.474. The molecule has 113 valence electrons. The second kappa shape index (κ2) is 9.38. The van der Waals surface area contributed by atoms with Crippen LogP contribution in [-0.2, 0) is 19.3 Å². The van der Waals surface area contributed by atoms with Crippen LogP contribution in [-0.4, -0.2) is 9.97 Å². The van der Waals surface area contributed by atoms with E-state index in [-0.39, 0.29) is 0 Å². The van der Waals surface area contributed by atoms with Gasteiger partial charge in [-0.1, -0.05) is 56.5 Å². The first-order chi connectivity index (χ1) is 10.4. The van der Waals surface area contributed by atoms with Gasteiger partial charge in [0.1, 0.15) is 5.82 Å². The SMILES string of the molecule is [CH2]CCCCc1c[nH]c(CCCCCc2ccccc2)n1. The predicted octanol–water partition coefficient (Wildman–Crippen LogP) is 4.91. The molecule has 1 heterocycles. The van der Waals surface area contributed by atoms with Crippen LogP contribution in [0.1, 0.15) is 55.6 Å². The summed E-state index contributed by atoms with van der Waals surface area (Å²) in [4.78, 5) is 7.98. The molecule has 0 aliphatic heterocycles. The number of nitrogens with zero attached hydrogens (tertiary/aromatic N) is 1.